The predicted molar refractivity (Wildman–Crippen MR) is 98.8 cm³/mol. The summed E-state index contributed by atoms with van der Waals surface area (Å²) in [5, 5.41) is 12.2. The van der Waals surface area contributed by atoms with Crippen LogP contribution in [0, 0.1) is 0 Å². The summed E-state index contributed by atoms with van der Waals surface area (Å²) < 4.78 is 0. The quantitative estimate of drug-likeness (QED) is 0.495. The molecule has 3 aromatic carbocycles. The van der Waals surface area contributed by atoms with Gasteiger partial charge >= 0.3 is 0 Å². The second-order valence-electron chi connectivity index (χ2n) is 5.84. The van der Waals surface area contributed by atoms with Crippen molar-refractivity contribution in [3.05, 3.63) is 101 Å². The number of H-pyrrole nitrogens is 1. The maximum Gasteiger partial charge on any atom is 0.119 e. The van der Waals surface area contributed by atoms with Gasteiger partial charge in [0.25, 0.3) is 0 Å². The van der Waals surface area contributed by atoms with Crippen molar-refractivity contribution in [1.29, 1.82) is 0 Å². The van der Waals surface area contributed by atoms with Crippen LogP contribution in [0.4, 0.5) is 0 Å². The van der Waals surface area contributed by atoms with Crippen molar-refractivity contribution in [1.82, 2.24) is 4.98 Å². The van der Waals surface area contributed by atoms with E-state index >= 15 is 0 Å². The van der Waals surface area contributed by atoms with Gasteiger partial charge in [0.05, 0.1) is 0 Å². The number of aromatic nitrogens is 1. The van der Waals surface area contributed by atoms with E-state index in [1.807, 2.05) is 60.8 Å². The second-order valence-corrected chi connectivity index (χ2v) is 6.27. The van der Waals surface area contributed by atoms with E-state index in [4.69, 9.17) is 11.6 Å². The summed E-state index contributed by atoms with van der Waals surface area (Å²) in [6, 6.07) is 23.5. The molecule has 0 bridgehead atoms. The summed E-state index contributed by atoms with van der Waals surface area (Å²) in [7, 11) is 0. The molecule has 0 aliphatic heterocycles. The van der Waals surface area contributed by atoms with Crippen molar-refractivity contribution in [2.75, 3.05) is 0 Å². The molecule has 0 aliphatic carbocycles. The molecule has 0 amide bonds. The molecule has 1 atom stereocenters. The molecule has 0 spiro atoms. The summed E-state index contributed by atoms with van der Waals surface area (Å²) >= 11 is 6.21. The third-order valence-corrected chi connectivity index (χ3v) is 4.60. The first-order valence-corrected chi connectivity index (χ1v) is 8.21. The predicted octanol–water partition coefficient (Wildman–Crippen LogP) is 5.71. The third-order valence-electron chi connectivity index (χ3n) is 4.37. The van der Waals surface area contributed by atoms with E-state index in [-0.39, 0.29) is 5.92 Å². The number of hydrogen-bond acceptors (Lipinski definition) is 1. The Labute approximate surface area is 145 Å². The van der Waals surface area contributed by atoms with Crippen LogP contribution in [0.5, 0.6) is 5.75 Å². The largest absolute Gasteiger partial charge is 0.508 e. The Bertz CT molecular complexity index is 991. The number of rotatable bonds is 3. The van der Waals surface area contributed by atoms with E-state index in [2.05, 4.69) is 17.1 Å². The minimum Gasteiger partial charge on any atom is -0.508 e. The highest BCUT2D eigenvalue weighted by atomic mass is 35.5. The van der Waals surface area contributed by atoms with E-state index in [9.17, 15) is 5.11 Å². The zero-order valence-electron chi connectivity index (χ0n) is 12.9. The topological polar surface area (TPSA) is 36.0 Å². The lowest BCUT2D eigenvalue weighted by atomic mass is 9.84. The van der Waals surface area contributed by atoms with Gasteiger partial charge in [0.1, 0.15) is 5.75 Å². The van der Waals surface area contributed by atoms with E-state index in [0.717, 1.165) is 27.6 Å². The van der Waals surface area contributed by atoms with Gasteiger partial charge in [-0.2, -0.15) is 0 Å². The fourth-order valence-corrected chi connectivity index (χ4v) is 3.43. The van der Waals surface area contributed by atoms with Crippen LogP contribution in [0.25, 0.3) is 10.9 Å². The first kappa shape index (κ1) is 14.9. The zero-order chi connectivity index (χ0) is 16.5. The van der Waals surface area contributed by atoms with Gasteiger partial charge in [-0.3, -0.25) is 0 Å². The molecule has 24 heavy (non-hydrogen) atoms. The molecule has 0 saturated carbocycles. The van der Waals surface area contributed by atoms with Crippen molar-refractivity contribution >= 4 is 22.5 Å². The van der Waals surface area contributed by atoms with Crippen LogP contribution >= 0.6 is 11.6 Å². The fourth-order valence-electron chi connectivity index (χ4n) is 3.26. The lowest BCUT2D eigenvalue weighted by Gasteiger charge is -2.19. The lowest BCUT2D eigenvalue weighted by molar-refractivity contribution is 0.467. The van der Waals surface area contributed by atoms with Gasteiger partial charge in [-0.1, -0.05) is 60.1 Å². The van der Waals surface area contributed by atoms with Crippen molar-refractivity contribution in [3.63, 3.8) is 0 Å². The number of aromatic amines is 1. The molecule has 4 aromatic rings. The van der Waals surface area contributed by atoms with Crippen molar-refractivity contribution in [2.24, 2.45) is 0 Å². The summed E-state index contributed by atoms with van der Waals surface area (Å²) in [5.41, 5.74) is 4.13. The first-order chi connectivity index (χ1) is 11.7. The minimum atomic E-state index is -0.0698. The molecule has 2 nitrogen and oxygen atoms in total. The molecule has 0 saturated heterocycles. The van der Waals surface area contributed by atoms with Crippen LogP contribution in [0.1, 0.15) is 22.6 Å². The van der Waals surface area contributed by atoms with Gasteiger partial charge in [-0.05, 0) is 35.4 Å². The summed E-state index contributed by atoms with van der Waals surface area (Å²) in [5.74, 6) is 0.224. The number of benzene rings is 3. The Kier molecular flexibility index (Phi) is 3.75. The highest BCUT2D eigenvalue weighted by Gasteiger charge is 2.22. The summed E-state index contributed by atoms with van der Waals surface area (Å²) in [6.45, 7) is 0. The van der Waals surface area contributed by atoms with Crippen LogP contribution in [0.2, 0.25) is 5.02 Å². The third kappa shape index (κ3) is 2.55. The van der Waals surface area contributed by atoms with Gasteiger partial charge in [0.15, 0.2) is 0 Å². The van der Waals surface area contributed by atoms with Crippen LogP contribution in [0.15, 0.2) is 79.0 Å². The maximum atomic E-state index is 10.4. The van der Waals surface area contributed by atoms with Crippen LogP contribution in [-0.2, 0) is 0 Å². The molecule has 0 fully saturated rings. The number of phenols is 1. The molecule has 4 rings (SSSR count). The standard InChI is InChI=1S/C21H16ClNO/c22-15-10-11-19-17(12-15)18(13-23-19)21(14-6-2-1-3-7-14)16-8-4-5-9-20(16)24/h1-13,21,23-24H. The molecule has 0 radical (unpaired) electrons. The Morgan fingerprint density at radius 2 is 1.58 bits per heavy atom. The Hall–Kier alpha value is -2.71. The number of phenolic OH excluding ortho intramolecular Hbond substituents is 1. The number of fused-ring (bicyclic) bond motifs is 1. The number of aromatic hydroxyl groups is 1. The van der Waals surface area contributed by atoms with Gasteiger partial charge in [0.2, 0.25) is 0 Å². The molecule has 1 unspecified atom stereocenters. The SMILES string of the molecule is Oc1ccccc1C(c1ccccc1)c1c[nH]c2ccc(Cl)cc12. The highest BCUT2D eigenvalue weighted by molar-refractivity contribution is 6.31. The minimum absolute atomic E-state index is 0.0698. The normalized spacial score (nSPS) is 12.4. The van der Waals surface area contributed by atoms with Crippen molar-refractivity contribution in [3.8, 4) is 5.75 Å². The van der Waals surface area contributed by atoms with Gasteiger partial charge in [-0.15, -0.1) is 0 Å². The zero-order valence-corrected chi connectivity index (χ0v) is 13.7. The fraction of sp³-hybridized carbons (Fsp3) is 0.0476. The maximum absolute atomic E-state index is 10.4. The van der Waals surface area contributed by atoms with Crippen LogP contribution in [0.3, 0.4) is 0 Å². The first-order valence-electron chi connectivity index (χ1n) is 7.83. The molecule has 3 heteroatoms. The second kappa shape index (κ2) is 6.06. The summed E-state index contributed by atoms with van der Waals surface area (Å²) in [6.07, 6.45) is 2.01. The Morgan fingerprint density at radius 3 is 2.38 bits per heavy atom. The van der Waals surface area contributed by atoms with E-state index in [1.54, 1.807) is 6.07 Å². The van der Waals surface area contributed by atoms with Gasteiger partial charge in [-0.25, -0.2) is 0 Å². The smallest absolute Gasteiger partial charge is 0.119 e. The Morgan fingerprint density at radius 1 is 0.833 bits per heavy atom. The van der Waals surface area contributed by atoms with Gasteiger partial charge < -0.3 is 10.1 Å². The van der Waals surface area contributed by atoms with E-state index < -0.39 is 0 Å². The highest BCUT2D eigenvalue weighted by Crippen LogP contribution is 2.40. The van der Waals surface area contributed by atoms with Crippen LogP contribution < -0.4 is 0 Å². The molecule has 1 aromatic heterocycles. The number of hydrogen-bond donors (Lipinski definition) is 2. The van der Waals surface area contributed by atoms with Gasteiger partial charge in [0, 0.05) is 33.6 Å². The average Bonchev–Trinajstić information content (AvgIpc) is 3.01. The van der Waals surface area contributed by atoms with E-state index in [0.29, 0.717) is 10.8 Å². The average molecular weight is 334 g/mol. The van der Waals surface area contributed by atoms with Crippen LogP contribution in [-0.4, -0.2) is 10.1 Å². The molecule has 0 aliphatic rings. The summed E-state index contributed by atoms with van der Waals surface area (Å²) in [4.78, 5) is 3.31. The molecular formula is C21H16ClNO. The van der Waals surface area contributed by atoms with E-state index in [1.165, 1.54) is 0 Å². The lowest BCUT2D eigenvalue weighted by Crippen LogP contribution is -2.03. The van der Waals surface area contributed by atoms with Crippen molar-refractivity contribution < 1.29 is 5.11 Å². The Balaban J connectivity index is 1.99. The monoisotopic (exact) mass is 333 g/mol. The molecule has 2 N–H and O–H groups in total. The molecule has 118 valence electrons. The molecule has 1 heterocycles. The molecular weight excluding hydrogens is 318 g/mol. The number of nitrogens with one attached hydrogen (secondary N) is 1. The number of para-hydroxylation sites is 1. The number of halogens is 1. The van der Waals surface area contributed by atoms with Crippen molar-refractivity contribution in [2.45, 2.75) is 5.92 Å².